The Bertz CT molecular complexity index is 1850. The molecule has 2 fully saturated rings. The highest BCUT2D eigenvalue weighted by Gasteiger charge is 2.54. The molecule has 0 aromatic carbocycles. The molecule has 0 aliphatic carbocycles. The lowest BCUT2D eigenvalue weighted by Gasteiger charge is -2.46. The van der Waals surface area contributed by atoms with E-state index in [9.17, 15) is 0 Å². The van der Waals surface area contributed by atoms with Crippen molar-refractivity contribution in [1.82, 2.24) is 0 Å². The summed E-state index contributed by atoms with van der Waals surface area (Å²) >= 11 is 0. The van der Waals surface area contributed by atoms with Crippen molar-refractivity contribution in [3.63, 3.8) is 0 Å². The van der Waals surface area contributed by atoms with Gasteiger partial charge in [-0.2, -0.15) is 0 Å². The Kier molecular flexibility index (Phi) is 32.9. The zero-order valence-electron chi connectivity index (χ0n) is 54.6. The van der Waals surface area contributed by atoms with Crippen LogP contribution in [0.3, 0.4) is 0 Å². The SMILES string of the molecule is C=C[Si](C)(C)O[Si](C)(C)C=C.C=C[Si](C)(C)O[Si](C)(C)O[Si](C)(C=C)O[Si](C)(C)C=C.C=C[Si](C)(OC)O[Si](C)(C)C.C=C[Si]1(C)O[Si](C)(C=C)O[Si](C)(C=C)O[Si](C)(C=C)O1.C[Si]1(C)O[Si](C)(C)O[Si](C)(C)O[Si](C)(C)O1. The Morgan fingerprint density at radius 2 is 0.513 bits per heavy atom. The molecule has 78 heavy (non-hydrogen) atoms. The molecule has 14 nitrogen and oxygen atoms in total. The van der Waals surface area contributed by atoms with Crippen LogP contribution in [0.1, 0.15) is 0 Å². The van der Waals surface area contributed by atoms with Gasteiger partial charge in [0.15, 0.2) is 41.6 Å². The zero-order chi connectivity index (χ0) is 63.0. The van der Waals surface area contributed by atoms with Gasteiger partial charge in [-0.25, -0.2) is 0 Å². The molecule has 0 bridgehead atoms. The van der Waals surface area contributed by atoms with Gasteiger partial charge in [0.2, 0.25) is 0 Å². The van der Waals surface area contributed by atoms with Crippen LogP contribution < -0.4 is 0 Å². The van der Waals surface area contributed by atoms with Crippen molar-refractivity contribution in [3.8, 4) is 0 Å². The number of rotatable bonds is 21. The third-order valence-electron chi connectivity index (χ3n) is 10.6. The van der Waals surface area contributed by atoms with Crippen LogP contribution in [-0.4, -0.2) is 143 Å². The predicted molar refractivity (Wildman–Crippen MR) is 373 cm³/mol. The average molecular weight is 1360 g/mol. The normalized spacial score (nSPS) is 26.7. The standard InChI is InChI=1S/C13H30O3Si4.C12H24O4Si4.C8H24O4Si4.C8H18OSi2.C7H18O2Si2/c1-11-17(4,5)14-19(8,9)16-20(10,13-3)15-18(6,7)12-2;1-9-17(5)13-18(6,10-2)15-20(8,12-4)16-19(7,11-3)14-17;1-13(2)9-14(3,4)11-16(7,8)12-15(5,6)10-13;1-7-10(3,4)9-11(5,6)8-2;1-7-11(6,8-2)9-10(3,4)5/h11-13H,1-3H2,4-10H3;9-12H,1-4H2,5-8H3;1-8H3;7-8H,1-2H2,3-6H3;7H,1H2,2-6H3. The summed E-state index contributed by atoms with van der Waals surface area (Å²) in [5.74, 6) is 0. The molecule has 2 heterocycles. The molecule has 2 saturated heterocycles. The van der Waals surface area contributed by atoms with Gasteiger partial charge in [0.05, 0.1) is 0 Å². The first-order chi connectivity index (χ1) is 34.4. The van der Waals surface area contributed by atoms with E-state index >= 15 is 0 Å². The van der Waals surface area contributed by atoms with E-state index in [2.05, 4.69) is 203 Å². The highest BCUT2D eigenvalue weighted by Crippen LogP contribution is 2.34. The fourth-order valence-corrected chi connectivity index (χ4v) is 74.0. The highest BCUT2D eigenvalue weighted by atomic mass is 28.5. The maximum Gasteiger partial charge on any atom is 0.350 e. The summed E-state index contributed by atoms with van der Waals surface area (Å²) < 4.78 is 85.6. The molecule has 2 atom stereocenters. The Balaban J connectivity index is -0.000000922. The second kappa shape index (κ2) is 31.1. The summed E-state index contributed by atoms with van der Waals surface area (Å²) in [5, 5.41) is 0. The van der Waals surface area contributed by atoms with E-state index in [1.54, 1.807) is 29.9 Å². The van der Waals surface area contributed by atoms with Gasteiger partial charge >= 0.3 is 94.2 Å². The summed E-state index contributed by atoms with van der Waals surface area (Å²) in [5.41, 5.74) is 18.4. The van der Waals surface area contributed by atoms with Gasteiger partial charge in [0.25, 0.3) is 0 Å². The Morgan fingerprint density at radius 3 is 0.692 bits per heavy atom. The van der Waals surface area contributed by atoms with Crippen LogP contribution >= 0.6 is 0 Å². The summed E-state index contributed by atoms with van der Waals surface area (Å²) in [6, 6.07) is 0. The van der Waals surface area contributed by atoms with Crippen molar-refractivity contribution in [2.75, 3.05) is 7.11 Å². The van der Waals surface area contributed by atoms with Gasteiger partial charge in [-0.3, -0.25) is 0 Å². The topological polar surface area (TPSA) is 129 Å². The highest BCUT2D eigenvalue weighted by molar-refractivity contribution is 6.99. The second-order valence-electron chi connectivity index (χ2n) is 25.2. The smallest absolute Gasteiger partial charge is 0.350 e. The fourth-order valence-electron chi connectivity index (χ4n) is 7.87. The third-order valence-corrected chi connectivity index (χ3v) is 68.2. The minimum absolute atomic E-state index is 1.47. The van der Waals surface area contributed by atoms with Crippen molar-refractivity contribution in [2.24, 2.45) is 0 Å². The lowest BCUT2D eigenvalue weighted by atomic mass is 11.3. The molecule has 0 N–H and O–H groups in total. The molecule has 0 aromatic rings. The third kappa shape index (κ3) is 34.9. The van der Waals surface area contributed by atoms with Crippen molar-refractivity contribution in [2.45, 2.75) is 177 Å². The first-order valence-corrected chi connectivity index (χ1v) is 70.2. The van der Waals surface area contributed by atoms with Crippen LogP contribution in [0.2, 0.25) is 177 Å². The summed E-state index contributed by atoms with van der Waals surface area (Å²) in [7, 11) is -32.3. The molecular formula is C48H114O14Si16. The zero-order valence-corrected chi connectivity index (χ0v) is 70.6. The van der Waals surface area contributed by atoms with E-state index in [0.29, 0.717) is 0 Å². The summed E-state index contributed by atoms with van der Waals surface area (Å²) in [6.45, 7) is 94.3. The van der Waals surface area contributed by atoms with Gasteiger partial charge in [0, 0.05) is 7.11 Å². The number of hydrogen-bond acceptors (Lipinski definition) is 14. The molecular weight excluding hydrogens is 1250 g/mol. The minimum Gasteiger partial charge on any atom is -0.449 e. The molecule has 2 aliphatic rings. The van der Waals surface area contributed by atoms with Crippen LogP contribution in [0.5, 0.6) is 0 Å². The molecule has 454 valence electrons. The van der Waals surface area contributed by atoms with E-state index in [1.807, 2.05) is 73.5 Å². The monoisotopic (exact) mass is 1360 g/mol. The Morgan fingerprint density at radius 1 is 0.282 bits per heavy atom. The molecule has 30 heteroatoms. The lowest BCUT2D eigenvalue weighted by molar-refractivity contribution is 0.238. The van der Waals surface area contributed by atoms with Gasteiger partial charge in [-0.05, 0) is 177 Å². The van der Waals surface area contributed by atoms with E-state index < -0.39 is 136 Å². The molecule has 0 aromatic heterocycles. The van der Waals surface area contributed by atoms with E-state index in [-0.39, 0.29) is 0 Å². The maximum absolute atomic E-state index is 6.34. The van der Waals surface area contributed by atoms with Crippen LogP contribution in [0.25, 0.3) is 0 Å². The van der Waals surface area contributed by atoms with Crippen LogP contribution in [0.15, 0.2) is 123 Å². The van der Waals surface area contributed by atoms with E-state index in [0.717, 1.165) is 0 Å². The molecule has 2 aliphatic heterocycles. The van der Waals surface area contributed by atoms with Crippen molar-refractivity contribution < 1.29 is 57.9 Å². The van der Waals surface area contributed by atoms with Gasteiger partial charge in [-0.15, -0.1) is 65.8 Å². The predicted octanol–water partition coefficient (Wildman–Crippen LogP) is 15.7. The molecule has 0 saturated carbocycles. The first-order valence-electron chi connectivity index (χ1n) is 26.4. The lowest BCUT2D eigenvalue weighted by Crippen LogP contribution is -2.65. The van der Waals surface area contributed by atoms with Crippen LogP contribution in [-0.2, 0) is 57.9 Å². The van der Waals surface area contributed by atoms with Gasteiger partial charge in [0.1, 0.15) is 0 Å². The quantitative estimate of drug-likeness (QED) is 0.101. The molecule has 2 rings (SSSR count). The minimum atomic E-state index is -2.60. The molecule has 2 unspecified atom stereocenters. The Labute approximate surface area is 496 Å². The number of hydrogen-bond donors (Lipinski definition) is 0. The summed E-state index contributed by atoms with van der Waals surface area (Å²) in [6.07, 6.45) is 0. The molecule has 0 amide bonds. The average Bonchev–Trinajstić information content (AvgIpc) is 3.22. The van der Waals surface area contributed by atoms with Gasteiger partial charge < -0.3 is 57.9 Å². The summed E-state index contributed by atoms with van der Waals surface area (Å²) in [4.78, 5) is 0. The first kappa shape index (κ1) is 82.5. The van der Waals surface area contributed by atoms with E-state index in [4.69, 9.17) is 57.9 Å². The fraction of sp³-hybridized carbons (Fsp3) is 0.583. The molecule has 0 radical (unpaired) electrons. The van der Waals surface area contributed by atoms with Gasteiger partial charge in [-0.1, -0.05) is 57.0 Å². The van der Waals surface area contributed by atoms with Crippen molar-refractivity contribution in [1.29, 1.82) is 0 Å². The van der Waals surface area contributed by atoms with Crippen molar-refractivity contribution in [3.05, 3.63) is 123 Å². The van der Waals surface area contributed by atoms with Crippen LogP contribution in [0, 0.1) is 0 Å². The van der Waals surface area contributed by atoms with Crippen molar-refractivity contribution >= 4 is 136 Å². The van der Waals surface area contributed by atoms with Crippen LogP contribution in [0.4, 0.5) is 0 Å². The molecule has 0 spiro atoms. The Hall–Kier alpha value is 0.310. The largest absolute Gasteiger partial charge is 0.449 e. The maximum atomic E-state index is 6.34. The van der Waals surface area contributed by atoms with E-state index in [1.165, 1.54) is 0 Å². The second-order valence-corrected chi connectivity index (χ2v) is 83.5.